The maximum Gasteiger partial charge on any atom is 0.322 e. The predicted molar refractivity (Wildman–Crippen MR) is 99.2 cm³/mol. The molecular formula is C18H16Cl2N4O. The molecule has 2 aromatic heterocycles. The maximum absolute atomic E-state index is 12.8. The van der Waals surface area contributed by atoms with Gasteiger partial charge in [-0.1, -0.05) is 29.3 Å². The van der Waals surface area contributed by atoms with Crippen LogP contribution in [0.15, 0.2) is 48.8 Å². The second-order valence-electron chi connectivity index (χ2n) is 6.10. The molecule has 3 aromatic rings. The smallest absolute Gasteiger partial charge is 0.316 e. The molecule has 0 bridgehead atoms. The summed E-state index contributed by atoms with van der Waals surface area (Å²) in [6.45, 7) is 0.503. The number of rotatable bonds is 4. The number of carbonyl (C=O) groups is 1. The third-order valence-corrected chi connectivity index (χ3v) is 4.98. The van der Waals surface area contributed by atoms with Gasteiger partial charge in [0.15, 0.2) is 0 Å². The number of amides is 2. The van der Waals surface area contributed by atoms with E-state index in [0.717, 1.165) is 24.2 Å². The first-order valence-electron chi connectivity index (χ1n) is 8.05. The number of aromatic nitrogens is 2. The van der Waals surface area contributed by atoms with Crippen LogP contribution in [0.2, 0.25) is 10.0 Å². The van der Waals surface area contributed by atoms with Crippen molar-refractivity contribution in [1.29, 1.82) is 0 Å². The van der Waals surface area contributed by atoms with Crippen LogP contribution < -0.4 is 5.32 Å². The molecule has 2 heterocycles. The topological polar surface area (TPSA) is 49.6 Å². The highest BCUT2D eigenvalue weighted by molar-refractivity contribution is 6.42. The Labute approximate surface area is 155 Å². The fourth-order valence-corrected chi connectivity index (χ4v) is 3.10. The van der Waals surface area contributed by atoms with E-state index in [0.29, 0.717) is 22.3 Å². The van der Waals surface area contributed by atoms with Crippen molar-refractivity contribution in [3.8, 4) is 0 Å². The second-order valence-corrected chi connectivity index (χ2v) is 6.91. The van der Waals surface area contributed by atoms with Gasteiger partial charge < -0.3 is 14.6 Å². The zero-order valence-corrected chi connectivity index (χ0v) is 14.8. The summed E-state index contributed by atoms with van der Waals surface area (Å²) in [6, 6.07) is 11.0. The number of nitrogens with zero attached hydrogens (tertiary/aromatic N) is 3. The van der Waals surface area contributed by atoms with Crippen molar-refractivity contribution in [2.24, 2.45) is 0 Å². The lowest BCUT2D eigenvalue weighted by Gasteiger charge is -2.22. The molecule has 1 aliphatic carbocycles. The van der Waals surface area contributed by atoms with E-state index in [-0.39, 0.29) is 12.1 Å². The largest absolute Gasteiger partial charge is 0.322 e. The van der Waals surface area contributed by atoms with Crippen LogP contribution in [0.5, 0.6) is 0 Å². The highest BCUT2D eigenvalue weighted by Gasteiger charge is 2.33. The van der Waals surface area contributed by atoms with E-state index in [9.17, 15) is 4.79 Å². The molecule has 2 amide bonds. The Hall–Kier alpha value is -2.24. The maximum atomic E-state index is 12.8. The molecule has 1 fully saturated rings. The van der Waals surface area contributed by atoms with Crippen molar-refractivity contribution in [1.82, 2.24) is 14.3 Å². The number of hydrogen-bond acceptors (Lipinski definition) is 2. The fraction of sp³-hybridized carbons (Fsp3) is 0.222. The second kappa shape index (κ2) is 6.58. The van der Waals surface area contributed by atoms with E-state index in [1.807, 2.05) is 39.9 Å². The number of carbonyl (C=O) groups excluding carboxylic acids is 1. The van der Waals surface area contributed by atoms with Crippen molar-refractivity contribution in [3.05, 3.63) is 64.5 Å². The number of fused-ring (bicyclic) bond motifs is 1. The number of halogens is 2. The van der Waals surface area contributed by atoms with Crippen LogP contribution in [0.3, 0.4) is 0 Å². The van der Waals surface area contributed by atoms with Crippen molar-refractivity contribution in [2.45, 2.75) is 25.4 Å². The number of imidazole rings is 1. The Bertz CT molecular complexity index is 936. The van der Waals surface area contributed by atoms with Gasteiger partial charge in [-0.3, -0.25) is 0 Å². The number of benzene rings is 1. The van der Waals surface area contributed by atoms with Gasteiger partial charge in [-0.2, -0.15) is 0 Å². The molecular weight excluding hydrogens is 359 g/mol. The summed E-state index contributed by atoms with van der Waals surface area (Å²) in [5, 5.41) is 3.78. The van der Waals surface area contributed by atoms with Crippen LogP contribution in [0.25, 0.3) is 5.65 Å². The molecule has 0 unspecified atom stereocenters. The van der Waals surface area contributed by atoms with Crippen molar-refractivity contribution in [2.75, 3.05) is 5.32 Å². The Morgan fingerprint density at radius 1 is 1.24 bits per heavy atom. The minimum Gasteiger partial charge on any atom is -0.316 e. The zero-order chi connectivity index (χ0) is 17.4. The van der Waals surface area contributed by atoms with E-state index in [4.69, 9.17) is 23.2 Å². The summed E-state index contributed by atoms with van der Waals surface area (Å²) < 4.78 is 2.00. The van der Waals surface area contributed by atoms with Gasteiger partial charge >= 0.3 is 6.03 Å². The molecule has 0 aliphatic heterocycles. The van der Waals surface area contributed by atoms with Crippen LogP contribution >= 0.6 is 23.2 Å². The van der Waals surface area contributed by atoms with Crippen LogP contribution in [0.4, 0.5) is 10.5 Å². The van der Waals surface area contributed by atoms with Gasteiger partial charge in [-0.15, -0.1) is 0 Å². The quantitative estimate of drug-likeness (QED) is 0.710. The van der Waals surface area contributed by atoms with Crippen LogP contribution in [0.1, 0.15) is 18.5 Å². The summed E-state index contributed by atoms with van der Waals surface area (Å²) in [6.07, 6.45) is 5.81. The van der Waals surface area contributed by atoms with Gasteiger partial charge in [0.1, 0.15) is 5.65 Å². The van der Waals surface area contributed by atoms with Crippen molar-refractivity contribution >= 4 is 40.6 Å². The molecule has 0 atom stereocenters. The fourth-order valence-electron chi connectivity index (χ4n) is 2.80. The predicted octanol–water partition coefficient (Wildman–Crippen LogP) is 4.84. The highest BCUT2D eigenvalue weighted by atomic mass is 35.5. The van der Waals surface area contributed by atoms with Gasteiger partial charge in [0.25, 0.3) is 0 Å². The number of hydrogen-bond donors (Lipinski definition) is 1. The molecule has 25 heavy (non-hydrogen) atoms. The first-order chi connectivity index (χ1) is 12.1. The Balaban J connectivity index is 1.54. The molecule has 0 spiro atoms. The van der Waals surface area contributed by atoms with Crippen LogP contribution in [0, 0.1) is 0 Å². The van der Waals surface area contributed by atoms with E-state index >= 15 is 0 Å². The highest BCUT2D eigenvalue weighted by Crippen LogP contribution is 2.30. The molecule has 0 radical (unpaired) electrons. The number of urea groups is 1. The Morgan fingerprint density at radius 2 is 2.08 bits per heavy atom. The molecule has 5 nitrogen and oxygen atoms in total. The van der Waals surface area contributed by atoms with E-state index in [1.54, 1.807) is 18.2 Å². The molecule has 1 aliphatic rings. The molecule has 7 heteroatoms. The van der Waals surface area contributed by atoms with Crippen molar-refractivity contribution in [3.63, 3.8) is 0 Å². The van der Waals surface area contributed by atoms with E-state index < -0.39 is 0 Å². The lowest BCUT2D eigenvalue weighted by molar-refractivity contribution is 0.205. The lowest BCUT2D eigenvalue weighted by Crippen LogP contribution is -2.36. The van der Waals surface area contributed by atoms with E-state index in [2.05, 4.69) is 10.3 Å². The summed E-state index contributed by atoms with van der Waals surface area (Å²) in [4.78, 5) is 19.0. The van der Waals surface area contributed by atoms with Gasteiger partial charge in [0.05, 0.1) is 28.5 Å². The average molecular weight is 375 g/mol. The van der Waals surface area contributed by atoms with Crippen LogP contribution in [-0.4, -0.2) is 26.4 Å². The minimum absolute atomic E-state index is 0.147. The summed E-state index contributed by atoms with van der Waals surface area (Å²) in [5.74, 6) is 0. The summed E-state index contributed by atoms with van der Waals surface area (Å²) >= 11 is 11.9. The standard InChI is InChI=1S/C18H16Cl2N4O/c19-15-7-4-12(9-16(15)20)22-18(25)24(13-5-6-13)11-14-10-21-17-3-1-2-8-23(14)17/h1-4,7-10,13H,5-6,11H2,(H,22,25). The molecule has 1 saturated carbocycles. The Morgan fingerprint density at radius 3 is 2.84 bits per heavy atom. The molecule has 0 saturated heterocycles. The molecule has 1 N–H and O–H groups in total. The summed E-state index contributed by atoms with van der Waals surface area (Å²) in [7, 11) is 0. The summed E-state index contributed by atoms with van der Waals surface area (Å²) in [5.41, 5.74) is 2.48. The van der Waals surface area contributed by atoms with E-state index in [1.165, 1.54) is 0 Å². The molecule has 128 valence electrons. The first-order valence-corrected chi connectivity index (χ1v) is 8.81. The van der Waals surface area contributed by atoms with Gasteiger partial charge in [0.2, 0.25) is 0 Å². The SMILES string of the molecule is O=C(Nc1ccc(Cl)c(Cl)c1)N(Cc1cnc2ccccn12)C1CC1. The third-order valence-electron chi connectivity index (χ3n) is 4.25. The van der Waals surface area contributed by atoms with Gasteiger partial charge in [-0.05, 0) is 43.2 Å². The van der Waals surface area contributed by atoms with Gasteiger partial charge in [-0.25, -0.2) is 9.78 Å². The molecule has 1 aromatic carbocycles. The van der Waals surface area contributed by atoms with Crippen LogP contribution in [-0.2, 0) is 6.54 Å². The normalized spacial score (nSPS) is 13.8. The number of nitrogens with one attached hydrogen (secondary N) is 1. The number of anilines is 1. The molecule has 4 rings (SSSR count). The monoisotopic (exact) mass is 374 g/mol. The van der Waals surface area contributed by atoms with Gasteiger partial charge in [0, 0.05) is 17.9 Å². The zero-order valence-electron chi connectivity index (χ0n) is 13.3. The minimum atomic E-state index is -0.147. The first kappa shape index (κ1) is 16.2. The number of pyridine rings is 1. The van der Waals surface area contributed by atoms with Crippen molar-refractivity contribution < 1.29 is 4.79 Å². The lowest BCUT2D eigenvalue weighted by atomic mass is 10.3. The Kier molecular flexibility index (Phi) is 4.27. The third kappa shape index (κ3) is 3.43. The average Bonchev–Trinajstić information content (AvgIpc) is 3.36.